The Bertz CT molecular complexity index is 684. The molecule has 1 atom stereocenters. The SMILES string of the molecule is CCOC(=O)c1cc(C#N)c(SC(C)C(=O)NC(N)=O)nc1C. The number of primary amides is 1. The number of carbonyl (C=O) groups excluding carboxylic acids is 3. The predicted octanol–water partition coefficient (Wildman–Crippen LogP) is 1.11. The van der Waals surface area contributed by atoms with Gasteiger partial charge in [-0.1, -0.05) is 11.8 Å². The van der Waals surface area contributed by atoms with Crippen molar-refractivity contribution in [2.75, 3.05) is 6.61 Å². The summed E-state index contributed by atoms with van der Waals surface area (Å²) in [6.45, 7) is 5.03. The first-order chi connectivity index (χ1) is 10.8. The van der Waals surface area contributed by atoms with E-state index in [-0.39, 0.29) is 22.8 Å². The average Bonchev–Trinajstić information content (AvgIpc) is 2.46. The maximum Gasteiger partial charge on any atom is 0.340 e. The molecule has 23 heavy (non-hydrogen) atoms. The van der Waals surface area contributed by atoms with Crippen LogP contribution in [-0.4, -0.2) is 34.7 Å². The molecule has 0 radical (unpaired) electrons. The van der Waals surface area contributed by atoms with Gasteiger partial charge in [0.25, 0.3) is 0 Å². The van der Waals surface area contributed by atoms with E-state index in [9.17, 15) is 19.6 Å². The zero-order valence-electron chi connectivity index (χ0n) is 12.9. The minimum atomic E-state index is -0.954. The van der Waals surface area contributed by atoms with E-state index in [1.54, 1.807) is 20.8 Å². The van der Waals surface area contributed by atoms with E-state index >= 15 is 0 Å². The van der Waals surface area contributed by atoms with E-state index in [0.717, 1.165) is 11.8 Å². The van der Waals surface area contributed by atoms with Gasteiger partial charge in [0.2, 0.25) is 5.91 Å². The van der Waals surface area contributed by atoms with Gasteiger partial charge in [-0.25, -0.2) is 14.6 Å². The highest BCUT2D eigenvalue weighted by molar-refractivity contribution is 8.00. The maximum atomic E-state index is 11.8. The number of nitrogens with two attached hydrogens (primary N) is 1. The third kappa shape index (κ3) is 4.96. The molecule has 0 aliphatic carbocycles. The highest BCUT2D eigenvalue weighted by Crippen LogP contribution is 2.27. The highest BCUT2D eigenvalue weighted by atomic mass is 32.2. The summed E-state index contributed by atoms with van der Waals surface area (Å²) in [7, 11) is 0. The predicted molar refractivity (Wildman–Crippen MR) is 82.7 cm³/mol. The van der Waals surface area contributed by atoms with Crippen LogP contribution in [0, 0.1) is 18.3 Å². The Morgan fingerprint density at radius 2 is 2.17 bits per heavy atom. The number of nitriles is 1. The number of pyridine rings is 1. The number of urea groups is 1. The van der Waals surface area contributed by atoms with Gasteiger partial charge >= 0.3 is 12.0 Å². The molecule has 0 fully saturated rings. The number of thioether (sulfide) groups is 1. The first kappa shape index (κ1) is 18.4. The zero-order valence-corrected chi connectivity index (χ0v) is 13.7. The minimum absolute atomic E-state index is 0.141. The van der Waals surface area contributed by atoms with Crippen LogP contribution in [0.4, 0.5) is 4.79 Å². The summed E-state index contributed by atoms with van der Waals surface area (Å²) in [5.74, 6) is -1.16. The monoisotopic (exact) mass is 336 g/mol. The molecule has 3 amide bonds. The molecule has 8 nitrogen and oxygen atoms in total. The van der Waals surface area contributed by atoms with E-state index in [4.69, 9.17) is 10.5 Å². The number of nitrogens with zero attached hydrogens (tertiary/aromatic N) is 2. The molecular formula is C14H16N4O4S. The lowest BCUT2D eigenvalue weighted by Gasteiger charge is -2.12. The number of esters is 1. The molecular weight excluding hydrogens is 320 g/mol. The molecule has 9 heteroatoms. The second kappa shape index (κ2) is 8.14. The molecule has 0 saturated heterocycles. The van der Waals surface area contributed by atoms with Gasteiger partial charge in [-0.3, -0.25) is 10.1 Å². The Kier molecular flexibility index (Phi) is 6.53. The van der Waals surface area contributed by atoms with Gasteiger partial charge in [0.1, 0.15) is 11.1 Å². The van der Waals surface area contributed by atoms with Gasteiger partial charge < -0.3 is 10.5 Å². The van der Waals surface area contributed by atoms with Crippen molar-refractivity contribution < 1.29 is 19.1 Å². The lowest BCUT2D eigenvalue weighted by Crippen LogP contribution is -2.39. The number of hydrogen-bond donors (Lipinski definition) is 2. The van der Waals surface area contributed by atoms with E-state index in [1.165, 1.54) is 6.07 Å². The lowest BCUT2D eigenvalue weighted by molar-refractivity contribution is -0.119. The van der Waals surface area contributed by atoms with E-state index in [0.29, 0.717) is 5.69 Å². The van der Waals surface area contributed by atoms with Crippen molar-refractivity contribution >= 4 is 29.7 Å². The summed E-state index contributed by atoms with van der Waals surface area (Å²) in [4.78, 5) is 38.4. The Balaban J connectivity index is 3.07. The summed E-state index contributed by atoms with van der Waals surface area (Å²) >= 11 is 0.987. The summed E-state index contributed by atoms with van der Waals surface area (Å²) in [5.41, 5.74) is 5.61. The number of carbonyl (C=O) groups is 3. The molecule has 3 N–H and O–H groups in total. The fraction of sp³-hybridized carbons (Fsp3) is 0.357. The summed E-state index contributed by atoms with van der Waals surface area (Å²) < 4.78 is 4.90. The van der Waals surface area contributed by atoms with Gasteiger partial charge in [-0.15, -0.1) is 0 Å². The Morgan fingerprint density at radius 3 is 2.70 bits per heavy atom. The number of nitrogens with one attached hydrogen (secondary N) is 1. The van der Waals surface area contributed by atoms with Crippen LogP contribution in [0.15, 0.2) is 11.1 Å². The maximum absolute atomic E-state index is 11.8. The Hall–Kier alpha value is -2.60. The van der Waals surface area contributed by atoms with Gasteiger partial charge in [0.15, 0.2) is 0 Å². The van der Waals surface area contributed by atoms with Gasteiger partial charge in [-0.05, 0) is 26.8 Å². The third-order valence-electron chi connectivity index (χ3n) is 2.70. The van der Waals surface area contributed by atoms with Crippen LogP contribution in [-0.2, 0) is 9.53 Å². The molecule has 0 aliphatic heterocycles. The quantitative estimate of drug-likeness (QED) is 0.607. The second-order valence-corrected chi connectivity index (χ2v) is 5.75. The molecule has 0 aromatic carbocycles. The summed E-state index contributed by atoms with van der Waals surface area (Å²) in [6.07, 6.45) is 0. The van der Waals surface area contributed by atoms with Crippen molar-refractivity contribution in [3.05, 3.63) is 22.9 Å². The van der Waals surface area contributed by atoms with Crippen molar-refractivity contribution in [2.45, 2.75) is 31.0 Å². The van der Waals surface area contributed by atoms with Crippen molar-refractivity contribution in [1.29, 1.82) is 5.26 Å². The first-order valence-electron chi connectivity index (χ1n) is 6.65. The van der Waals surface area contributed by atoms with E-state index < -0.39 is 23.2 Å². The van der Waals surface area contributed by atoms with Gasteiger partial charge in [-0.2, -0.15) is 5.26 Å². The van der Waals surface area contributed by atoms with Crippen molar-refractivity contribution in [2.24, 2.45) is 5.73 Å². The Labute approximate surface area is 137 Å². The number of hydrogen-bond acceptors (Lipinski definition) is 7. The zero-order chi connectivity index (χ0) is 17.6. The standard InChI is InChI=1S/C14H16N4O4S/c1-4-22-13(20)10-5-9(6-15)12(17-7(10)2)23-8(3)11(19)18-14(16)21/h5,8H,4H2,1-3H3,(H3,16,18,19,21). The second-order valence-electron chi connectivity index (χ2n) is 4.42. The fourth-order valence-electron chi connectivity index (χ4n) is 1.61. The Morgan fingerprint density at radius 1 is 1.52 bits per heavy atom. The summed E-state index contributed by atoms with van der Waals surface area (Å²) in [6, 6.07) is 2.35. The highest BCUT2D eigenvalue weighted by Gasteiger charge is 2.21. The van der Waals surface area contributed by atoms with Gasteiger partial charge in [0, 0.05) is 0 Å². The molecule has 0 bridgehead atoms. The third-order valence-corrected chi connectivity index (χ3v) is 3.80. The van der Waals surface area contributed by atoms with Crippen LogP contribution >= 0.6 is 11.8 Å². The molecule has 1 aromatic heterocycles. The molecule has 1 heterocycles. The van der Waals surface area contributed by atoms with E-state index in [2.05, 4.69) is 4.98 Å². The topological polar surface area (TPSA) is 135 Å². The number of imide groups is 1. The molecule has 1 aromatic rings. The lowest BCUT2D eigenvalue weighted by atomic mass is 10.1. The van der Waals surface area contributed by atoms with E-state index in [1.807, 2.05) is 11.4 Å². The summed E-state index contributed by atoms with van der Waals surface area (Å²) in [5, 5.41) is 10.8. The van der Waals surface area contributed by atoms with Crippen LogP contribution < -0.4 is 11.1 Å². The van der Waals surface area contributed by atoms with Crippen LogP contribution in [0.5, 0.6) is 0 Å². The average molecular weight is 336 g/mol. The first-order valence-corrected chi connectivity index (χ1v) is 7.53. The van der Waals surface area contributed by atoms with Crippen molar-refractivity contribution in [3.8, 4) is 6.07 Å². The number of aromatic nitrogens is 1. The largest absolute Gasteiger partial charge is 0.462 e. The van der Waals surface area contributed by atoms with Crippen LogP contribution in [0.2, 0.25) is 0 Å². The van der Waals surface area contributed by atoms with Crippen molar-refractivity contribution in [1.82, 2.24) is 10.3 Å². The number of ether oxygens (including phenoxy) is 1. The van der Waals surface area contributed by atoms with Crippen LogP contribution in [0.1, 0.15) is 35.5 Å². The minimum Gasteiger partial charge on any atom is -0.462 e. The smallest absolute Gasteiger partial charge is 0.340 e. The number of rotatable bonds is 5. The fourth-order valence-corrected chi connectivity index (χ4v) is 2.53. The van der Waals surface area contributed by atoms with Gasteiger partial charge in [0.05, 0.1) is 28.7 Å². The van der Waals surface area contributed by atoms with Crippen LogP contribution in [0.3, 0.4) is 0 Å². The molecule has 0 aliphatic rings. The molecule has 122 valence electrons. The molecule has 1 rings (SSSR count). The number of aryl methyl sites for hydroxylation is 1. The molecule has 0 saturated carbocycles. The molecule has 1 unspecified atom stereocenters. The van der Waals surface area contributed by atoms with Crippen molar-refractivity contribution in [3.63, 3.8) is 0 Å². The molecule has 0 spiro atoms. The normalized spacial score (nSPS) is 11.2. The van der Waals surface area contributed by atoms with Crippen LogP contribution in [0.25, 0.3) is 0 Å². The number of amides is 3.